The van der Waals surface area contributed by atoms with E-state index in [0.717, 1.165) is 0 Å². The predicted octanol–water partition coefficient (Wildman–Crippen LogP) is 1.64. The third kappa shape index (κ3) is 2.49. The molecule has 0 radical (unpaired) electrons. The number of ether oxygens (including phenoxy) is 1. The Kier molecular flexibility index (Phi) is 3.93. The van der Waals surface area contributed by atoms with Gasteiger partial charge in [0, 0.05) is 18.0 Å². The zero-order valence-corrected chi connectivity index (χ0v) is 11.2. The third-order valence-electron chi connectivity index (χ3n) is 2.81. The number of Topliss-reactive ketones (excluding diaryl/α,β-unsaturated/α-hetero) is 1. The summed E-state index contributed by atoms with van der Waals surface area (Å²) in [6, 6.07) is 0.103. The average Bonchev–Trinajstić information content (AvgIpc) is 2.71. The minimum Gasteiger partial charge on any atom is -0.493 e. The fourth-order valence-corrected chi connectivity index (χ4v) is 1.52. The lowest BCUT2D eigenvalue weighted by Gasteiger charge is -2.22. The van der Waals surface area contributed by atoms with E-state index in [9.17, 15) is 4.79 Å². The summed E-state index contributed by atoms with van der Waals surface area (Å²) >= 11 is 0. The molecule has 0 bridgehead atoms. The van der Waals surface area contributed by atoms with Gasteiger partial charge in [-0.25, -0.2) is 0 Å². The van der Waals surface area contributed by atoms with E-state index in [1.807, 2.05) is 27.7 Å². The number of nitrogens with zero attached hydrogens (tertiary/aromatic N) is 2. The minimum atomic E-state index is -0.611. The Morgan fingerprint density at radius 1 is 1.59 bits per heavy atom. The van der Waals surface area contributed by atoms with Crippen LogP contribution in [0.25, 0.3) is 0 Å². The first-order valence-electron chi connectivity index (χ1n) is 5.71. The molecule has 1 aromatic rings. The molecule has 0 aliphatic rings. The minimum absolute atomic E-state index is 0.0388. The lowest BCUT2D eigenvalue weighted by molar-refractivity contribution is 0.0830. The summed E-state index contributed by atoms with van der Waals surface area (Å²) in [7, 11) is 1.54. The van der Waals surface area contributed by atoms with Gasteiger partial charge in [-0.1, -0.05) is 13.8 Å². The molecular formula is C12H21N3O2. The molecule has 0 aromatic carbocycles. The summed E-state index contributed by atoms with van der Waals surface area (Å²) in [5.74, 6) is 0.466. The van der Waals surface area contributed by atoms with Crippen molar-refractivity contribution in [3.8, 4) is 5.75 Å². The van der Waals surface area contributed by atoms with E-state index in [0.29, 0.717) is 11.4 Å². The monoisotopic (exact) mass is 239 g/mol. The third-order valence-corrected chi connectivity index (χ3v) is 2.81. The molecule has 96 valence electrons. The number of hydrogen-bond acceptors (Lipinski definition) is 4. The number of carbonyl (C=O) groups excluding carboxylic acids is 1. The fourth-order valence-electron chi connectivity index (χ4n) is 1.52. The zero-order chi connectivity index (χ0) is 13.2. The van der Waals surface area contributed by atoms with Crippen LogP contribution in [0.3, 0.4) is 0 Å². The van der Waals surface area contributed by atoms with Crippen molar-refractivity contribution in [2.45, 2.75) is 33.7 Å². The van der Waals surface area contributed by atoms with Gasteiger partial charge in [0.2, 0.25) is 0 Å². The van der Waals surface area contributed by atoms with E-state index in [4.69, 9.17) is 10.5 Å². The maximum atomic E-state index is 12.4. The SMILES string of the molecule is COc1cnn(C(C)C)c1C(=O)C(C)(C)CN. The van der Waals surface area contributed by atoms with Crippen molar-refractivity contribution in [2.75, 3.05) is 13.7 Å². The van der Waals surface area contributed by atoms with E-state index >= 15 is 0 Å². The van der Waals surface area contributed by atoms with Gasteiger partial charge in [-0.2, -0.15) is 5.10 Å². The highest BCUT2D eigenvalue weighted by molar-refractivity contribution is 6.01. The number of carbonyl (C=O) groups is 1. The standard InChI is InChI=1S/C12H21N3O2/c1-8(2)15-10(9(17-5)6-14-15)11(16)12(3,4)7-13/h6,8H,7,13H2,1-5H3. The van der Waals surface area contributed by atoms with Crippen LogP contribution in [0.2, 0.25) is 0 Å². The Bertz CT molecular complexity index is 408. The second kappa shape index (κ2) is 4.87. The molecule has 0 atom stereocenters. The van der Waals surface area contributed by atoms with Gasteiger partial charge in [0.25, 0.3) is 0 Å². The molecule has 1 heterocycles. The van der Waals surface area contributed by atoms with E-state index in [1.165, 1.54) is 7.11 Å². The van der Waals surface area contributed by atoms with E-state index < -0.39 is 5.41 Å². The first-order valence-corrected chi connectivity index (χ1v) is 5.71. The molecule has 1 rings (SSSR count). The van der Waals surface area contributed by atoms with Crippen molar-refractivity contribution in [2.24, 2.45) is 11.1 Å². The van der Waals surface area contributed by atoms with E-state index in [2.05, 4.69) is 5.10 Å². The molecule has 0 saturated carbocycles. The van der Waals surface area contributed by atoms with Crippen molar-refractivity contribution < 1.29 is 9.53 Å². The first kappa shape index (κ1) is 13.7. The summed E-state index contributed by atoms with van der Waals surface area (Å²) in [6.45, 7) is 7.88. The topological polar surface area (TPSA) is 70.1 Å². The molecule has 2 N–H and O–H groups in total. The van der Waals surface area contributed by atoms with Crippen molar-refractivity contribution in [3.05, 3.63) is 11.9 Å². The Morgan fingerprint density at radius 2 is 2.18 bits per heavy atom. The second-order valence-corrected chi connectivity index (χ2v) is 5.02. The average molecular weight is 239 g/mol. The summed E-state index contributed by atoms with van der Waals surface area (Å²) in [6.07, 6.45) is 1.57. The van der Waals surface area contributed by atoms with Crippen LogP contribution in [0.5, 0.6) is 5.75 Å². The smallest absolute Gasteiger partial charge is 0.191 e. The van der Waals surface area contributed by atoms with E-state index in [1.54, 1.807) is 10.9 Å². The van der Waals surface area contributed by atoms with Crippen molar-refractivity contribution in [1.82, 2.24) is 9.78 Å². The van der Waals surface area contributed by atoms with Crippen LogP contribution in [0.4, 0.5) is 0 Å². The van der Waals surface area contributed by atoms with Gasteiger partial charge in [-0.3, -0.25) is 9.48 Å². The molecule has 1 aromatic heterocycles. The van der Waals surface area contributed by atoms with Crippen molar-refractivity contribution in [1.29, 1.82) is 0 Å². The maximum absolute atomic E-state index is 12.4. The molecule has 5 nitrogen and oxygen atoms in total. The van der Waals surface area contributed by atoms with Crippen LogP contribution in [-0.4, -0.2) is 29.2 Å². The molecule has 0 aliphatic carbocycles. The van der Waals surface area contributed by atoms with Gasteiger partial charge < -0.3 is 10.5 Å². The van der Waals surface area contributed by atoms with E-state index in [-0.39, 0.29) is 18.4 Å². The Morgan fingerprint density at radius 3 is 2.59 bits per heavy atom. The highest BCUT2D eigenvalue weighted by Crippen LogP contribution is 2.28. The largest absolute Gasteiger partial charge is 0.493 e. The maximum Gasteiger partial charge on any atom is 0.191 e. The Labute approximate surface area is 102 Å². The van der Waals surface area contributed by atoms with Crippen LogP contribution in [0.1, 0.15) is 44.2 Å². The lowest BCUT2D eigenvalue weighted by atomic mass is 9.86. The van der Waals surface area contributed by atoms with Gasteiger partial charge in [-0.05, 0) is 13.8 Å². The van der Waals surface area contributed by atoms with Crippen LogP contribution in [0, 0.1) is 5.41 Å². The number of methoxy groups -OCH3 is 1. The second-order valence-electron chi connectivity index (χ2n) is 5.02. The van der Waals surface area contributed by atoms with Crippen molar-refractivity contribution >= 4 is 5.78 Å². The summed E-state index contributed by atoms with van der Waals surface area (Å²) in [5.41, 5.74) is 5.53. The van der Waals surface area contributed by atoms with Gasteiger partial charge >= 0.3 is 0 Å². The number of rotatable bonds is 5. The Balaban J connectivity index is 3.28. The number of ketones is 1. The molecular weight excluding hydrogens is 218 g/mol. The van der Waals surface area contributed by atoms with Gasteiger partial charge in [0.05, 0.1) is 13.3 Å². The fraction of sp³-hybridized carbons (Fsp3) is 0.667. The highest BCUT2D eigenvalue weighted by atomic mass is 16.5. The van der Waals surface area contributed by atoms with Crippen LogP contribution in [-0.2, 0) is 0 Å². The first-order chi connectivity index (χ1) is 7.85. The molecule has 0 aliphatic heterocycles. The van der Waals surface area contributed by atoms with Crippen LogP contribution in [0.15, 0.2) is 6.20 Å². The summed E-state index contributed by atoms with van der Waals surface area (Å²) < 4.78 is 6.87. The highest BCUT2D eigenvalue weighted by Gasteiger charge is 2.33. The molecule has 0 saturated heterocycles. The molecule has 0 fully saturated rings. The predicted molar refractivity (Wildman–Crippen MR) is 66.3 cm³/mol. The van der Waals surface area contributed by atoms with Crippen molar-refractivity contribution in [3.63, 3.8) is 0 Å². The number of aromatic nitrogens is 2. The van der Waals surface area contributed by atoms with Gasteiger partial charge in [0.15, 0.2) is 11.5 Å². The quantitative estimate of drug-likeness (QED) is 0.793. The summed E-state index contributed by atoms with van der Waals surface area (Å²) in [4.78, 5) is 12.4. The molecule has 0 spiro atoms. The molecule has 5 heteroatoms. The zero-order valence-electron chi connectivity index (χ0n) is 11.2. The Hall–Kier alpha value is -1.36. The molecule has 17 heavy (non-hydrogen) atoms. The number of nitrogens with two attached hydrogens (primary N) is 1. The van der Waals surface area contributed by atoms with Gasteiger partial charge in [0.1, 0.15) is 5.69 Å². The van der Waals surface area contributed by atoms with Crippen LogP contribution < -0.4 is 10.5 Å². The van der Waals surface area contributed by atoms with Crippen LogP contribution >= 0.6 is 0 Å². The molecule has 0 unspecified atom stereocenters. The molecule has 0 amide bonds. The van der Waals surface area contributed by atoms with Gasteiger partial charge in [-0.15, -0.1) is 0 Å². The normalized spacial score (nSPS) is 11.9. The number of hydrogen-bond donors (Lipinski definition) is 1. The lowest BCUT2D eigenvalue weighted by Crippen LogP contribution is -2.34. The summed E-state index contributed by atoms with van der Waals surface area (Å²) in [5, 5.41) is 4.19.